The van der Waals surface area contributed by atoms with E-state index in [2.05, 4.69) is 19.7 Å². The third-order valence-electron chi connectivity index (χ3n) is 3.80. The minimum atomic E-state index is -2.91. The summed E-state index contributed by atoms with van der Waals surface area (Å²) in [6.45, 7) is 0.854. The van der Waals surface area contributed by atoms with E-state index in [9.17, 15) is 18.0 Å². The molecule has 0 saturated carbocycles. The number of halogens is 3. The van der Waals surface area contributed by atoms with Crippen LogP contribution < -0.4 is 11.1 Å². The number of alkyl halides is 3. The molecule has 1 aliphatic rings. The van der Waals surface area contributed by atoms with Gasteiger partial charge in [-0.2, -0.15) is 8.78 Å². The van der Waals surface area contributed by atoms with Crippen molar-refractivity contribution in [2.75, 3.05) is 12.0 Å². The molecule has 0 saturated heterocycles. The molecule has 27 heavy (non-hydrogen) atoms. The van der Waals surface area contributed by atoms with Gasteiger partial charge < -0.3 is 20.2 Å². The molecule has 0 aliphatic carbocycles. The Morgan fingerprint density at radius 2 is 2.19 bits per heavy atom. The number of hydrogen-bond donors (Lipinski definition) is 2. The molecular formula is C17H15F3N4O3. The fourth-order valence-corrected chi connectivity index (χ4v) is 2.57. The van der Waals surface area contributed by atoms with E-state index in [1.54, 1.807) is 31.2 Å². The van der Waals surface area contributed by atoms with Crippen LogP contribution in [-0.2, 0) is 10.3 Å². The van der Waals surface area contributed by atoms with Gasteiger partial charge in [-0.15, -0.1) is 0 Å². The lowest BCUT2D eigenvalue weighted by molar-refractivity contribution is 0.102. The molecule has 10 heteroatoms. The molecule has 3 rings (SSSR count). The molecule has 1 aromatic heterocycles. The average molecular weight is 380 g/mol. The predicted molar refractivity (Wildman–Crippen MR) is 90.0 cm³/mol. The van der Waals surface area contributed by atoms with E-state index in [1.165, 1.54) is 6.08 Å². The van der Waals surface area contributed by atoms with Gasteiger partial charge in [0.1, 0.15) is 24.2 Å². The van der Waals surface area contributed by atoms with E-state index in [4.69, 9.17) is 10.5 Å². The zero-order valence-electron chi connectivity index (χ0n) is 14.1. The topological polar surface area (TPSA) is 103 Å². The van der Waals surface area contributed by atoms with E-state index < -0.39 is 30.4 Å². The fourth-order valence-electron chi connectivity index (χ4n) is 2.57. The molecule has 1 atom stereocenters. The first kappa shape index (κ1) is 18.5. The zero-order chi connectivity index (χ0) is 19.6. The Kier molecular flexibility index (Phi) is 4.89. The second-order valence-corrected chi connectivity index (χ2v) is 5.85. The molecule has 1 aliphatic heterocycles. The van der Waals surface area contributed by atoms with Crippen molar-refractivity contribution >= 4 is 17.6 Å². The Bertz CT molecular complexity index is 926. The van der Waals surface area contributed by atoms with Crippen LogP contribution in [0.4, 0.5) is 18.9 Å². The number of carbonyl (C=O) groups is 1. The van der Waals surface area contributed by atoms with E-state index in [-0.39, 0.29) is 17.5 Å². The van der Waals surface area contributed by atoms with Crippen LogP contribution >= 0.6 is 0 Å². The van der Waals surface area contributed by atoms with Crippen molar-refractivity contribution in [3.05, 3.63) is 59.5 Å². The highest BCUT2D eigenvalue weighted by molar-refractivity contribution is 6.02. The van der Waals surface area contributed by atoms with Gasteiger partial charge in [0.2, 0.25) is 0 Å². The number of ether oxygens (including phenoxy) is 1. The lowest BCUT2D eigenvalue weighted by atomic mass is 9.91. The monoisotopic (exact) mass is 380 g/mol. The lowest BCUT2D eigenvalue weighted by Gasteiger charge is -2.27. The lowest BCUT2D eigenvalue weighted by Crippen LogP contribution is -2.30. The number of oxazole rings is 1. The maximum Gasteiger partial charge on any atom is 0.313 e. The number of rotatable bonds is 5. The summed E-state index contributed by atoms with van der Waals surface area (Å²) in [5, 5.41) is 2.53. The van der Waals surface area contributed by atoms with Gasteiger partial charge in [-0.3, -0.25) is 4.79 Å². The number of amidine groups is 1. The number of nitrogens with two attached hydrogens (primary N) is 1. The Hall–Kier alpha value is -3.30. The molecule has 0 unspecified atom stereocenters. The molecule has 0 radical (unpaired) electrons. The van der Waals surface area contributed by atoms with Crippen LogP contribution in [0.15, 0.2) is 51.8 Å². The minimum Gasteiger partial charge on any atom is -0.443 e. The molecule has 0 bridgehead atoms. The van der Waals surface area contributed by atoms with E-state index in [0.717, 1.165) is 6.26 Å². The summed E-state index contributed by atoms with van der Waals surface area (Å²) in [5.41, 5.74) is 5.28. The van der Waals surface area contributed by atoms with Gasteiger partial charge in [0.25, 0.3) is 17.8 Å². The predicted octanol–water partition coefficient (Wildman–Crippen LogP) is 3.28. The van der Waals surface area contributed by atoms with Gasteiger partial charge in [-0.25, -0.2) is 14.4 Å². The number of amides is 1. The number of anilines is 1. The van der Waals surface area contributed by atoms with Gasteiger partial charge in [0.15, 0.2) is 5.69 Å². The first-order chi connectivity index (χ1) is 12.8. The van der Waals surface area contributed by atoms with Gasteiger partial charge >= 0.3 is 6.43 Å². The summed E-state index contributed by atoms with van der Waals surface area (Å²) >= 11 is 0. The number of nitrogens with one attached hydrogen (secondary N) is 1. The smallest absolute Gasteiger partial charge is 0.313 e. The molecule has 1 amide bonds. The number of aliphatic imine (C=N–C) groups is 1. The quantitative estimate of drug-likeness (QED) is 0.829. The number of benzene rings is 1. The maximum atomic E-state index is 13.0. The van der Waals surface area contributed by atoms with Gasteiger partial charge in [-0.05, 0) is 30.7 Å². The van der Waals surface area contributed by atoms with Gasteiger partial charge in [0.05, 0.1) is 0 Å². The number of hydrogen-bond acceptors (Lipinski definition) is 6. The van der Waals surface area contributed by atoms with Crippen LogP contribution in [0.2, 0.25) is 0 Å². The molecule has 142 valence electrons. The molecule has 0 fully saturated rings. The summed E-state index contributed by atoms with van der Waals surface area (Å²) in [7, 11) is 0. The Morgan fingerprint density at radius 1 is 1.41 bits per heavy atom. The SMILES string of the molecule is C[C@@]1(c2cccc(NC(=O)c3coc(C(F)F)n3)c2)C=C(CF)OC(N)=N1. The molecule has 0 spiro atoms. The fraction of sp³-hybridized carbons (Fsp3) is 0.235. The summed E-state index contributed by atoms with van der Waals surface area (Å²) in [6, 6.07) is 6.37. The van der Waals surface area contributed by atoms with Crippen molar-refractivity contribution < 1.29 is 27.1 Å². The van der Waals surface area contributed by atoms with E-state index in [0.29, 0.717) is 11.3 Å². The number of aromatic nitrogens is 1. The van der Waals surface area contributed by atoms with E-state index >= 15 is 0 Å². The van der Waals surface area contributed by atoms with Crippen molar-refractivity contribution in [1.29, 1.82) is 0 Å². The van der Waals surface area contributed by atoms with Crippen molar-refractivity contribution in [2.45, 2.75) is 18.9 Å². The Balaban J connectivity index is 1.84. The molecule has 7 nitrogen and oxygen atoms in total. The molecule has 2 aromatic rings. The molecule has 3 N–H and O–H groups in total. The second-order valence-electron chi connectivity index (χ2n) is 5.85. The van der Waals surface area contributed by atoms with Crippen LogP contribution in [-0.4, -0.2) is 23.6 Å². The Morgan fingerprint density at radius 3 is 2.85 bits per heavy atom. The van der Waals surface area contributed by atoms with Crippen molar-refractivity contribution in [1.82, 2.24) is 4.98 Å². The number of allylic oxidation sites excluding steroid dienone is 1. The standard InChI is InChI=1S/C17H15F3N4O3/c1-17(6-11(7-18)27-16(21)24-17)9-3-2-4-10(5-9)22-14(25)12-8-26-15(23-12)13(19)20/h2-6,8,13H,7H2,1H3,(H2,21,24)(H,22,25)/t17-/m0/s1. The van der Waals surface area contributed by atoms with Crippen molar-refractivity contribution in [3.63, 3.8) is 0 Å². The van der Waals surface area contributed by atoms with Crippen LogP contribution in [0, 0.1) is 0 Å². The summed E-state index contributed by atoms with van der Waals surface area (Å²) < 4.78 is 47.5. The third-order valence-corrected chi connectivity index (χ3v) is 3.80. The second kappa shape index (κ2) is 7.14. The highest BCUT2D eigenvalue weighted by atomic mass is 19.3. The summed E-state index contributed by atoms with van der Waals surface area (Å²) in [6.07, 6.45) is -0.582. The van der Waals surface area contributed by atoms with Crippen LogP contribution in [0.25, 0.3) is 0 Å². The molecule has 1 aromatic carbocycles. The van der Waals surface area contributed by atoms with Gasteiger partial charge in [-0.1, -0.05) is 12.1 Å². The zero-order valence-corrected chi connectivity index (χ0v) is 14.1. The molecular weight excluding hydrogens is 365 g/mol. The average Bonchev–Trinajstić information content (AvgIpc) is 3.12. The summed E-state index contributed by atoms with van der Waals surface area (Å²) in [5.74, 6) is -1.53. The summed E-state index contributed by atoms with van der Waals surface area (Å²) in [4.78, 5) is 19.8. The van der Waals surface area contributed by atoms with Crippen LogP contribution in [0.5, 0.6) is 0 Å². The van der Waals surface area contributed by atoms with Crippen LogP contribution in [0.3, 0.4) is 0 Å². The van der Waals surface area contributed by atoms with Crippen molar-refractivity contribution in [2.24, 2.45) is 10.7 Å². The van der Waals surface area contributed by atoms with E-state index in [1.807, 2.05) is 0 Å². The first-order valence-electron chi connectivity index (χ1n) is 7.77. The largest absolute Gasteiger partial charge is 0.443 e. The first-order valence-corrected chi connectivity index (χ1v) is 7.77. The van der Waals surface area contributed by atoms with Crippen LogP contribution in [0.1, 0.15) is 35.3 Å². The highest BCUT2D eigenvalue weighted by Gasteiger charge is 2.30. The minimum absolute atomic E-state index is 0.0292. The highest BCUT2D eigenvalue weighted by Crippen LogP contribution is 2.33. The third kappa shape index (κ3) is 3.94. The Labute approximate surface area is 151 Å². The number of carbonyl (C=O) groups excluding carboxylic acids is 1. The number of nitrogens with zero attached hydrogens (tertiary/aromatic N) is 2. The van der Waals surface area contributed by atoms with Crippen molar-refractivity contribution in [3.8, 4) is 0 Å². The van der Waals surface area contributed by atoms with Gasteiger partial charge in [0, 0.05) is 5.69 Å². The maximum absolute atomic E-state index is 13.0. The molecule has 2 heterocycles. The normalized spacial score (nSPS) is 19.3.